The average molecular weight is 396 g/mol. The molecule has 2 atom stereocenters. The zero-order valence-electron chi connectivity index (χ0n) is 17.3. The average Bonchev–Trinajstić information content (AvgIpc) is 2.68. The molecular formula is C23H28N2O4. The van der Waals surface area contributed by atoms with E-state index in [4.69, 9.17) is 4.74 Å². The largest absolute Gasteiger partial charge is 0.452 e. The molecule has 29 heavy (non-hydrogen) atoms. The second kappa shape index (κ2) is 10.4. The number of benzene rings is 2. The summed E-state index contributed by atoms with van der Waals surface area (Å²) in [5, 5.41) is 5.49. The van der Waals surface area contributed by atoms with E-state index in [-0.39, 0.29) is 12.3 Å². The molecule has 0 aliphatic rings. The summed E-state index contributed by atoms with van der Waals surface area (Å²) in [6.45, 7) is 7.10. The zero-order valence-corrected chi connectivity index (χ0v) is 17.3. The Bertz CT molecular complexity index is 832. The molecule has 2 N–H and O–H groups in total. The van der Waals surface area contributed by atoms with Gasteiger partial charge in [0.25, 0.3) is 5.91 Å². The van der Waals surface area contributed by atoms with Crippen LogP contribution in [0.25, 0.3) is 0 Å². The summed E-state index contributed by atoms with van der Waals surface area (Å²) in [7, 11) is 0. The molecule has 0 bridgehead atoms. The number of rotatable bonds is 8. The number of hydrogen-bond acceptors (Lipinski definition) is 4. The van der Waals surface area contributed by atoms with Gasteiger partial charge in [-0.15, -0.1) is 0 Å². The topological polar surface area (TPSA) is 84.5 Å². The van der Waals surface area contributed by atoms with Crippen molar-refractivity contribution in [2.75, 3.05) is 5.32 Å². The Morgan fingerprint density at radius 3 is 2.07 bits per heavy atom. The maximum Gasteiger partial charge on any atom is 0.309 e. The lowest BCUT2D eigenvalue weighted by Gasteiger charge is -2.19. The predicted molar refractivity (Wildman–Crippen MR) is 112 cm³/mol. The molecule has 0 radical (unpaired) electrons. The van der Waals surface area contributed by atoms with Crippen LogP contribution in [0.4, 0.5) is 5.69 Å². The van der Waals surface area contributed by atoms with Crippen molar-refractivity contribution in [1.82, 2.24) is 5.32 Å². The minimum absolute atomic E-state index is 0.0652. The van der Waals surface area contributed by atoms with Crippen molar-refractivity contribution in [3.63, 3.8) is 0 Å². The van der Waals surface area contributed by atoms with Crippen molar-refractivity contribution < 1.29 is 19.1 Å². The van der Waals surface area contributed by atoms with E-state index in [0.717, 1.165) is 5.56 Å². The number of anilines is 1. The van der Waals surface area contributed by atoms with E-state index in [1.807, 2.05) is 54.6 Å². The number of hydrogen-bond donors (Lipinski definition) is 2. The second-order valence-electron chi connectivity index (χ2n) is 7.27. The number of carbonyl (C=O) groups is 3. The molecule has 0 unspecified atom stereocenters. The first kappa shape index (κ1) is 22.1. The van der Waals surface area contributed by atoms with Crippen LogP contribution >= 0.6 is 0 Å². The van der Waals surface area contributed by atoms with Crippen molar-refractivity contribution in [3.05, 3.63) is 65.7 Å². The van der Waals surface area contributed by atoms with E-state index >= 15 is 0 Å². The first-order valence-electron chi connectivity index (χ1n) is 9.68. The summed E-state index contributed by atoms with van der Waals surface area (Å²) in [5.41, 5.74) is 2.61. The monoisotopic (exact) mass is 396 g/mol. The molecule has 154 valence electrons. The van der Waals surface area contributed by atoms with Gasteiger partial charge in [0.15, 0.2) is 6.10 Å². The van der Waals surface area contributed by atoms with Crippen LogP contribution in [-0.2, 0) is 19.1 Å². The van der Waals surface area contributed by atoms with E-state index in [9.17, 15) is 14.4 Å². The van der Waals surface area contributed by atoms with Gasteiger partial charge in [0.1, 0.15) is 0 Å². The molecule has 0 saturated heterocycles. The van der Waals surface area contributed by atoms with E-state index in [1.54, 1.807) is 0 Å². The van der Waals surface area contributed by atoms with Gasteiger partial charge in [-0.1, -0.05) is 56.3 Å². The standard InChI is InChI=1S/C23H28N2O4/c1-15(2)18-10-12-20(13-11-18)25-23(28)16(3)29-22(27)14-21(24-17(4)26)19-8-6-5-7-9-19/h5-13,15-16,21H,14H2,1-4H3,(H,24,26)(H,25,28)/t16-,21-/m0/s1. The molecule has 2 aromatic carbocycles. The maximum atomic E-state index is 12.3. The van der Waals surface area contributed by atoms with Crippen LogP contribution in [0, 0.1) is 0 Å². The van der Waals surface area contributed by atoms with Gasteiger partial charge in [0.05, 0.1) is 12.5 Å². The van der Waals surface area contributed by atoms with Crippen molar-refractivity contribution in [1.29, 1.82) is 0 Å². The highest BCUT2D eigenvalue weighted by molar-refractivity contribution is 5.95. The third kappa shape index (κ3) is 7.07. The fraction of sp³-hybridized carbons (Fsp3) is 0.348. The van der Waals surface area contributed by atoms with Crippen molar-refractivity contribution in [2.45, 2.75) is 52.2 Å². The number of amides is 2. The third-order valence-corrected chi connectivity index (χ3v) is 4.47. The maximum absolute atomic E-state index is 12.3. The van der Waals surface area contributed by atoms with Crippen LogP contribution in [0.15, 0.2) is 54.6 Å². The minimum Gasteiger partial charge on any atom is -0.452 e. The van der Waals surface area contributed by atoms with Crippen LogP contribution in [0.2, 0.25) is 0 Å². The third-order valence-electron chi connectivity index (χ3n) is 4.47. The fourth-order valence-corrected chi connectivity index (χ4v) is 2.84. The van der Waals surface area contributed by atoms with Gasteiger partial charge in [0.2, 0.25) is 5.91 Å². The fourth-order valence-electron chi connectivity index (χ4n) is 2.84. The molecule has 6 nitrogen and oxygen atoms in total. The van der Waals surface area contributed by atoms with Gasteiger partial charge < -0.3 is 15.4 Å². The van der Waals surface area contributed by atoms with E-state index in [0.29, 0.717) is 11.6 Å². The van der Waals surface area contributed by atoms with Gasteiger partial charge in [-0.3, -0.25) is 14.4 Å². The highest BCUT2D eigenvalue weighted by Crippen LogP contribution is 2.19. The lowest BCUT2D eigenvalue weighted by atomic mass is 10.0. The molecule has 0 spiro atoms. The number of ether oxygens (including phenoxy) is 1. The summed E-state index contributed by atoms with van der Waals surface area (Å²) < 4.78 is 5.28. The summed E-state index contributed by atoms with van der Waals surface area (Å²) in [6, 6.07) is 16.2. The molecule has 0 saturated carbocycles. The first-order valence-corrected chi connectivity index (χ1v) is 9.68. The highest BCUT2D eigenvalue weighted by atomic mass is 16.5. The molecule has 2 rings (SSSR count). The predicted octanol–water partition coefficient (Wildman–Crippen LogP) is 3.95. The summed E-state index contributed by atoms with van der Waals surface area (Å²) in [6.07, 6.45) is -1.02. The highest BCUT2D eigenvalue weighted by Gasteiger charge is 2.22. The lowest BCUT2D eigenvalue weighted by Crippen LogP contribution is -2.33. The molecule has 0 aromatic heterocycles. The van der Waals surface area contributed by atoms with Gasteiger partial charge >= 0.3 is 5.97 Å². The Balaban J connectivity index is 1.93. The van der Waals surface area contributed by atoms with Gasteiger partial charge in [-0.25, -0.2) is 0 Å². The molecule has 0 aliphatic heterocycles. The quantitative estimate of drug-likeness (QED) is 0.662. The molecular weight excluding hydrogens is 368 g/mol. The second-order valence-corrected chi connectivity index (χ2v) is 7.27. The minimum atomic E-state index is -0.957. The number of nitrogens with one attached hydrogen (secondary N) is 2. The molecule has 6 heteroatoms. The van der Waals surface area contributed by atoms with Crippen LogP contribution in [0.5, 0.6) is 0 Å². The van der Waals surface area contributed by atoms with Crippen LogP contribution in [-0.4, -0.2) is 23.9 Å². The smallest absolute Gasteiger partial charge is 0.309 e. The normalized spacial score (nSPS) is 12.7. The Morgan fingerprint density at radius 1 is 0.897 bits per heavy atom. The van der Waals surface area contributed by atoms with Crippen molar-refractivity contribution >= 4 is 23.5 Å². The SMILES string of the molecule is CC(=O)N[C@@H](CC(=O)O[C@@H](C)C(=O)Nc1ccc(C(C)C)cc1)c1ccccc1. The molecule has 2 aromatic rings. The lowest BCUT2D eigenvalue weighted by molar-refractivity contribution is -0.153. The van der Waals surface area contributed by atoms with Gasteiger partial charge in [-0.05, 0) is 36.1 Å². The van der Waals surface area contributed by atoms with E-state index in [1.165, 1.54) is 19.4 Å². The summed E-state index contributed by atoms with van der Waals surface area (Å²) >= 11 is 0. The number of carbonyl (C=O) groups excluding carboxylic acids is 3. The summed E-state index contributed by atoms with van der Waals surface area (Å²) in [5.74, 6) is -0.820. The Morgan fingerprint density at radius 2 is 1.52 bits per heavy atom. The Hall–Kier alpha value is -3.15. The molecule has 0 heterocycles. The van der Waals surface area contributed by atoms with E-state index in [2.05, 4.69) is 24.5 Å². The zero-order chi connectivity index (χ0) is 21.4. The van der Waals surface area contributed by atoms with Crippen LogP contribution in [0.1, 0.15) is 57.2 Å². The first-order chi connectivity index (χ1) is 13.8. The van der Waals surface area contributed by atoms with Crippen molar-refractivity contribution in [2.24, 2.45) is 0 Å². The number of esters is 1. The van der Waals surface area contributed by atoms with E-state index < -0.39 is 24.0 Å². The Labute approximate surface area is 171 Å². The Kier molecular flexibility index (Phi) is 7.95. The molecule has 0 aliphatic carbocycles. The van der Waals surface area contributed by atoms with Crippen molar-refractivity contribution in [3.8, 4) is 0 Å². The summed E-state index contributed by atoms with van der Waals surface area (Å²) in [4.78, 5) is 36.2. The van der Waals surface area contributed by atoms with Crippen LogP contribution < -0.4 is 10.6 Å². The van der Waals surface area contributed by atoms with Gasteiger partial charge in [-0.2, -0.15) is 0 Å². The molecule has 2 amide bonds. The van der Waals surface area contributed by atoms with Gasteiger partial charge in [0, 0.05) is 12.6 Å². The van der Waals surface area contributed by atoms with Crippen LogP contribution in [0.3, 0.4) is 0 Å². The molecule has 0 fully saturated rings.